The molecule has 5 nitrogen and oxygen atoms in total. The molecule has 0 radical (unpaired) electrons. The fourth-order valence-electron chi connectivity index (χ4n) is 1.59. The molecule has 1 rings (SSSR count). The van der Waals surface area contributed by atoms with Crippen LogP contribution in [0.15, 0.2) is 24.3 Å². The second-order valence-corrected chi connectivity index (χ2v) is 5.32. The van der Waals surface area contributed by atoms with Crippen molar-refractivity contribution < 1.29 is 14.3 Å². The number of hydrogen-bond donors (Lipinski definition) is 2. The molecule has 0 saturated carbocycles. The van der Waals surface area contributed by atoms with E-state index in [0.717, 1.165) is 11.4 Å². The summed E-state index contributed by atoms with van der Waals surface area (Å²) < 4.78 is 10.5. The lowest BCUT2D eigenvalue weighted by Crippen LogP contribution is -2.39. The number of anilines is 1. The SMILES string of the molecule is COCCOc1cccc(NCC(=O)NC(C)C(C)C)c1. The lowest BCUT2D eigenvalue weighted by atomic mass is 10.1. The van der Waals surface area contributed by atoms with Crippen LogP contribution in [0.1, 0.15) is 20.8 Å². The van der Waals surface area contributed by atoms with Crippen molar-refractivity contribution >= 4 is 11.6 Å². The van der Waals surface area contributed by atoms with Gasteiger partial charge in [-0.15, -0.1) is 0 Å². The molecule has 21 heavy (non-hydrogen) atoms. The highest BCUT2D eigenvalue weighted by molar-refractivity contribution is 5.81. The molecule has 0 aliphatic heterocycles. The summed E-state index contributed by atoms with van der Waals surface area (Å²) >= 11 is 0. The molecular weight excluding hydrogens is 268 g/mol. The third kappa shape index (κ3) is 6.99. The van der Waals surface area contributed by atoms with Crippen LogP contribution in [0.3, 0.4) is 0 Å². The number of ether oxygens (including phenoxy) is 2. The Morgan fingerprint density at radius 1 is 1.24 bits per heavy atom. The van der Waals surface area contributed by atoms with E-state index in [9.17, 15) is 4.79 Å². The minimum absolute atomic E-state index is 0.0121. The standard InChI is InChI=1S/C16H26N2O3/c1-12(2)13(3)18-16(19)11-17-14-6-5-7-15(10-14)21-9-8-20-4/h5-7,10,12-13,17H,8-9,11H2,1-4H3,(H,18,19). The highest BCUT2D eigenvalue weighted by Gasteiger charge is 2.10. The molecule has 0 aromatic heterocycles. The van der Waals surface area contributed by atoms with Crippen molar-refractivity contribution in [2.75, 3.05) is 32.2 Å². The molecule has 0 aliphatic carbocycles. The Labute approximate surface area is 127 Å². The van der Waals surface area contributed by atoms with Gasteiger partial charge in [-0.25, -0.2) is 0 Å². The van der Waals surface area contributed by atoms with Gasteiger partial charge in [-0.2, -0.15) is 0 Å². The molecule has 0 aliphatic rings. The average molecular weight is 294 g/mol. The molecule has 1 aromatic rings. The molecule has 2 N–H and O–H groups in total. The van der Waals surface area contributed by atoms with Crippen molar-refractivity contribution in [2.24, 2.45) is 5.92 Å². The summed E-state index contributed by atoms with van der Waals surface area (Å²) in [6, 6.07) is 7.71. The third-order valence-corrected chi connectivity index (χ3v) is 3.23. The minimum atomic E-state index is -0.0121. The van der Waals surface area contributed by atoms with E-state index in [0.29, 0.717) is 19.1 Å². The van der Waals surface area contributed by atoms with E-state index in [1.54, 1.807) is 7.11 Å². The van der Waals surface area contributed by atoms with Crippen molar-refractivity contribution in [3.05, 3.63) is 24.3 Å². The number of amides is 1. The van der Waals surface area contributed by atoms with Crippen LogP contribution in [0, 0.1) is 5.92 Å². The first-order valence-electron chi connectivity index (χ1n) is 7.28. The van der Waals surface area contributed by atoms with Crippen LogP contribution in [-0.2, 0) is 9.53 Å². The quantitative estimate of drug-likeness (QED) is 0.686. The van der Waals surface area contributed by atoms with Crippen LogP contribution in [0.2, 0.25) is 0 Å². The van der Waals surface area contributed by atoms with E-state index >= 15 is 0 Å². The summed E-state index contributed by atoms with van der Waals surface area (Å²) in [6.07, 6.45) is 0. The van der Waals surface area contributed by atoms with Crippen molar-refractivity contribution in [1.29, 1.82) is 0 Å². The normalized spacial score (nSPS) is 12.0. The van der Waals surface area contributed by atoms with Crippen LogP contribution in [0.4, 0.5) is 5.69 Å². The monoisotopic (exact) mass is 294 g/mol. The fourth-order valence-corrected chi connectivity index (χ4v) is 1.59. The zero-order chi connectivity index (χ0) is 15.7. The Morgan fingerprint density at radius 2 is 2.00 bits per heavy atom. The van der Waals surface area contributed by atoms with Crippen molar-refractivity contribution in [2.45, 2.75) is 26.8 Å². The maximum atomic E-state index is 11.8. The Bertz CT molecular complexity index is 435. The molecule has 5 heteroatoms. The van der Waals surface area contributed by atoms with E-state index in [-0.39, 0.29) is 18.5 Å². The lowest BCUT2D eigenvalue weighted by molar-refractivity contribution is -0.120. The van der Waals surface area contributed by atoms with Crippen LogP contribution < -0.4 is 15.4 Å². The molecule has 1 amide bonds. The minimum Gasteiger partial charge on any atom is -0.491 e. The molecule has 118 valence electrons. The van der Waals surface area contributed by atoms with Gasteiger partial charge in [0, 0.05) is 24.9 Å². The second kappa shape index (κ2) is 9.23. The Balaban J connectivity index is 2.40. The van der Waals surface area contributed by atoms with Gasteiger partial charge in [0.1, 0.15) is 12.4 Å². The topological polar surface area (TPSA) is 59.6 Å². The highest BCUT2D eigenvalue weighted by atomic mass is 16.5. The number of rotatable bonds is 9. The molecule has 0 heterocycles. The van der Waals surface area contributed by atoms with Crippen molar-refractivity contribution in [3.63, 3.8) is 0 Å². The fraction of sp³-hybridized carbons (Fsp3) is 0.562. The van der Waals surface area contributed by atoms with Gasteiger partial charge in [-0.1, -0.05) is 19.9 Å². The lowest BCUT2D eigenvalue weighted by Gasteiger charge is -2.17. The van der Waals surface area contributed by atoms with Gasteiger partial charge < -0.3 is 20.1 Å². The van der Waals surface area contributed by atoms with Gasteiger partial charge >= 0.3 is 0 Å². The summed E-state index contributed by atoms with van der Waals surface area (Å²) in [5.74, 6) is 1.17. The Kier molecular flexibility index (Phi) is 7.61. The Morgan fingerprint density at radius 3 is 2.67 bits per heavy atom. The molecule has 1 unspecified atom stereocenters. The third-order valence-electron chi connectivity index (χ3n) is 3.23. The van der Waals surface area contributed by atoms with E-state index in [1.165, 1.54) is 0 Å². The van der Waals surface area contributed by atoms with Crippen LogP contribution in [0.25, 0.3) is 0 Å². The van der Waals surface area contributed by atoms with Gasteiger partial charge in [0.25, 0.3) is 0 Å². The van der Waals surface area contributed by atoms with Crippen molar-refractivity contribution in [3.8, 4) is 5.75 Å². The maximum absolute atomic E-state index is 11.8. The zero-order valence-electron chi connectivity index (χ0n) is 13.3. The number of carbonyl (C=O) groups is 1. The summed E-state index contributed by atoms with van der Waals surface area (Å²) in [4.78, 5) is 11.8. The molecule has 0 fully saturated rings. The van der Waals surface area contributed by atoms with Gasteiger partial charge in [0.15, 0.2) is 0 Å². The summed E-state index contributed by atoms with van der Waals surface area (Å²) in [5, 5.41) is 6.05. The van der Waals surface area contributed by atoms with E-state index < -0.39 is 0 Å². The van der Waals surface area contributed by atoms with Crippen LogP contribution in [-0.4, -0.2) is 38.8 Å². The molecular formula is C16H26N2O3. The largest absolute Gasteiger partial charge is 0.491 e. The van der Waals surface area contributed by atoms with Crippen LogP contribution >= 0.6 is 0 Å². The zero-order valence-corrected chi connectivity index (χ0v) is 13.3. The molecule has 0 spiro atoms. The highest BCUT2D eigenvalue weighted by Crippen LogP contribution is 2.17. The average Bonchev–Trinajstić information content (AvgIpc) is 2.46. The van der Waals surface area contributed by atoms with Gasteiger partial charge in [0.2, 0.25) is 5.91 Å². The predicted octanol–water partition coefficient (Wildman–Crippen LogP) is 2.28. The maximum Gasteiger partial charge on any atom is 0.239 e. The summed E-state index contributed by atoms with van der Waals surface area (Å²) in [7, 11) is 1.64. The number of hydrogen-bond acceptors (Lipinski definition) is 4. The first-order valence-corrected chi connectivity index (χ1v) is 7.28. The summed E-state index contributed by atoms with van der Waals surface area (Å²) in [5.41, 5.74) is 0.859. The van der Waals surface area contributed by atoms with Gasteiger partial charge in [0.05, 0.1) is 13.2 Å². The van der Waals surface area contributed by atoms with E-state index in [4.69, 9.17) is 9.47 Å². The van der Waals surface area contributed by atoms with E-state index in [1.807, 2.05) is 31.2 Å². The first kappa shape index (κ1) is 17.3. The van der Waals surface area contributed by atoms with Crippen molar-refractivity contribution in [1.82, 2.24) is 5.32 Å². The smallest absolute Gasteiger partial charge is 0.239 e. The predicted molar refractivity (Wildman–Crippen MR) is 84.7 cm³/mol. The Hall–Kier alpha value is -1.75. The van der Waals surface area contributed by atoms with E-state index in [2.05, 4.69) is 24.5 Å². The molecule has 0 bridgehead atoms. The number of nitrogens with one attached hydrogen (secondary N) is 2. The van der Waals surface area contributed by atoms with Gasteiger partial charge in [-0.05, 0) is 25.0 Å². The molecule has 1 aromatic carbocycles. The number of benzene rings is 1. The van der Waals surface area contributed by atoms with Crippen LogP contribution in [0.5, 0.6) is 5.75 Å². The number of carbonyl (C=O) groups excluding carboxylic acids is 1. The van der Waals surface area contributed by atoms with Gasteiger partial charge in [-0.3, -0.25) is 4.79 Å². The second-order valence-electron chi connectivity index (χ2n) is 5.32. The molecule has 1 atom stereocenters. The number of methoxy groups -OCH3 is 1. The summed E-state index contributed by atoms with van der Waals surface area (Å²) in [6.45, 7) is 7.48. The molecule has 0 saturated heterocycles. The first-order chi connectivity index (χ1) is 10.0.